The van der Waals surface area contributed by atoms with Gasteiger partial charge in [-0.2, -0.15) is 0 Å². The summed E-state index contributed by atoms with van der Waals surface area (Å²) in [6, 6.07) is 12.6. The normalized spacial score (nSPS) is 16.1. The van der Waals surface area contributed by atoms with Crippen LogP contribution in [0.2, 0.25) is 0 Å². The number of sulfone groups is 1. The average Bonchev–Trinajstić information content (AvgIpc) is 2.74. The van der Waals surface area contributed by atoms with Crippen molar-refractivity contribution in [2.45, 2.75) is 37.1 Å². The fraction of sp³-hybridized carbons (Fsp3) is 0.435. The molecule has 1 fully saturated rings. The minimum Gasteiger partial charge on any atom is -0.496 e. The zero-order valence-corrected chi connectivity index (χ0v) is 18.7. The molecular weight excluding hydrogens is 400 g/mol. The van der Waals surface area contributed by atoms with E-state index in [1.807, 2.05) is 31.2 Å². The van der Waals surface area contributed by atoms with Crippen molar-refractivity contribution in [2.75, 3.05) is 33.0 Å². The highest BCUT2D eigenvalue weighted by Gasteiger charge is 2.26. The van der Waals surface area contributed by atoms with Gasteiger partial charge in [-0.1, -0.05) is 30.7 Å². The van der Waals surface area contributed by atoms with Gasteiger partial charge in [0.05, 0.1) is 18.0 Å². The third kappa shape index (κ3) is 5.21. The van der Waals surface area contributed by atoms with Crippen LogP contribution in [0, 0.1) is 6.92 Å². The maximum atomic E-state index is 13.0. The van der Waals surface area contributed by atoms with Crippen molar-refractivity contribution in [1.29, 1.82) is 0 Å². The number of benzene rings is 2. The standard InChI is InChI=1S/C23H30N2O4S/c1-17-11-12-18(30(3,27)28)15-20(17)23(26)24-16-21(25-13-7-4-8-14-25)19-9-5-6-10-22(19)29-2/h5-6,9-12,15,21H,4,7-8,13-14,16H2,1-3H3,(H,24,26). The summed E-state index contributed by atoms with van der Waals surface area (Å²) < 4.78 is 29.4. The number of carbonyl (C=O) groups is 1. The van der Waals surface area contributed by atoms with Crippen LogP contribution < -0.4 is 10.1 Å². The first-order valence-corrected chi connectivity index (χ1v) is 12.2. The Morgan fingerprint density at radius 3 is 2.50 bits per heavy atom. The van der Waals surface area contributed by atoms with E-state index < -0.39 is 9.84 Å². The lowest BCUT2D eigenvalue weighted by atomic mass is 10.00. The number of rotatable bonds is 7. The van der Waals surface area contributed by atoms with Crippen LogP contribution in [0.1, 0.15) is 46.8 Å². The summed E-state index contributed by atoms with van der Waals surface area (Å²) in [4.78, 5) is 15.5. The molecule has 1 heterocycles. The Balaban J connectivity index is 1.84. The van der Waals surface area contributed by atoms with Crippen LogP contribution in [0.5, 0.6) is 5.75 Å². The summed E-state index contributed by atoms with van der Waals surface area (Å²) >= 11 is 0. The maximum absolute atomic E-state index is 13.0. The molecule has 0 bridgehead atoms. The Kier molecular flexibility index (Phi) is 7.15. The molecule has 30 heavy (non-hydrogen) atoms. The van der Waals surface area contributed by atoms with Crippen LogP contribution in [-0.4, -0.2) is 52.2 Å². The number of nitrogens with one attached hydrogen (secondary N) is 1. The number of ether oxygens (including phenoxy) is 1. The SMILES string of the molecule is COc1ccccc1C(CNC(=O)c1cc(S(C)(=O)=O)ccc1C)N1CCCCC1. The Hall–Kier alpha value is -2.38. The number of likely N-dealkylation sites (tertiary alicyclic amines) is 1. The van der Waals surface area contributed by atoms with E-state index in [0.717, 1.165) is 49.1 Å². The molecule has 7 heteroatoms. The number of para-hydroxylation sites is 1. The third-order valence-electron chi connectivity index (χ3n) is 5.67. The van der Waals surface area contributed by atoms with Gasteiger partial charge in [0.15, 0.2) is 9.84 Å². The average molecular weight is 431 g/mol. The van der Waals surface area contributed by atoms with Gasteiger partial charge in [-0.25, -0.2) is 8.42 Å². The van der Waals surface area contributed by atoms with Crippen molar-refractivity contribution < 1.29 is 17.9 Å². The lowest BCUT2D eigenvalue weighted by Gasteiger charge is -2.35. The minimum absolute atomic E-state index is 0.0104. The monoisotopic (exact) mass is 430 g/mol. The van der Waals surface area contributed by atoms with Crippen LogP contribution in [0.15, 0.2) is 47.4 Å². The molecule has 3 rings (SSSR count). The molecule has 1 atom stereocenters. The zero-order chi connectivity index (χ0) is 21.7. The van der Waals surface area contributed by atoms with Gasteiger partial charge in [-0.05, 0) is 56.6 Å². The van der Waals surface area contributed by atoms with E-state index in [4.69, 9.17) is 4.74 Å². The van der Waals surface area contributed by atoms with E-state index in [-0.39, 0.29) is 16.8 Å². The molecule has 162 valence electrons. The Bertz CT molecular complexity index is 998. The van der Waals surface area contributed by atoms with Crippen molar-refractivity contribution in [3.63, 3.8) is 0 Å². The maximum Gasteiger partial charge on any atom is 0.251 e. The topological polar surface area (TPSA) is 75.7 Å². The van der Waals surface area contributed by atoms with Crippen molar-refractivity contribution in [3.05, 3.63) is 59.2 Å². The number of piperidine rings is 1. The quantitative estimate of drug-likeness (QED) is 0.729. The number of methoxy groups -OCH3 is 1. The largest absolute Gasteiger partial charge is 0.496 e. The van der Waals surface area contributed by atoms with E-state index in [1.54, 1.807) is 13.2 Å². The van der Waals surface area contributed by atoms with Gasteiger partial charge in [0.1, 0.15) is 5.75 Å². The second-order valence-corrected chi connectivity index (χ2v) is 9.83. The summed E-state index contributed by atoms with van der Waals surface area (Å²) in [5, 5.41) is 3.03. The molecule has 1 unspecified atom stereocenters. The number of nitrogens with zero attached hydrogens (tertiary/aromatic N) is 1. The van der Waals surface area contributed by atoms with Crippen molar-refractivity contribution in [1.82, 2.24) is 10.2 Å². The molecule has 1 aliphatic heterocycles. The summed E-state index contributed by atoms with van der Waals surface area (Å²) in [6.45, 7) is 4.17. The molecule has 0 aliphatic carbocycles. The van der Waals surface area contributed by atoms with Crippen molar-refractivity contribution in [2.24, 2.45) is 0 Å². The van der Waals surface area contributed by atoms with Gasteiger partial charge < -0.3 is 10.1 Å². The second kappa shape index (κ2) is 9.62. The van der Waals surface area contributed by atoms with Gasteiger partial charge in [-0.3, -0.25) is 9.69 Å². The molecule has 2 aromatic rings. The second-order valence-electron chi connectivity index (χ2n) is 7.81. The first-order valence-electron chi connectivity index (χ1n) is 10.3. The highest BCUT2D eigenvalue weighted by molar-refractivity contribution is 7.90. The highest BCUT2D eigenvalue weighted by atomic mass is 32.2. The highest BCUT2D eigenvalue weighted by Crippen LogP contribution is 2.31. The lowest BCUT2D eigenvalue weighted by Crippen LogP contribution is -2.41. The Morgan fingerprint density at radius 1 is 1.13 bits per heavy atom. The number of carbonyl (C=O) groups excluding carboxylic acids is 1. The molecule has 2 aromatic carbocycles. The van der Waals surface area contributed by atoms with Gasteiger partial charge in [0.2, 0.25) is 0 Å². The first kappa shape index (κ1) is 22.3. The molecule has 1 aliphatic rings. The predicted octanol–water partition coefficient (Wildman–Crippen LogP) is 3.36. The molecule has 1 saturated heterocycles. The van der Waals surface area contributed by atoms with Crippen LogP contribution >= 0.6 is 0 Å². The number of hydrogen-bond acceptors (Lipinski definition) is 5. The first-order chi connectivity index (χ1) is 14.3. The molecule has 0 aromatic heterocycles. The third-order valence-corrected chi connectivity index (χ3v) is 6.78. The van der Waals surface area contributed by atoms with Gasteiger partial charge in [-0.15, -0.1) is 0 Å². The van der Waals surface area contributed by atoms with Crippen LogP contribution in [0.25, 0.3) is 0 Å². The number of hydrogen-bond donors (Lipinski definition) is 1. The summed E-state index contributed by atoms with van der Waals surface area (Å²) in [6.07, 6.45) is 4.64. The smallest absolute Gasteiger partial charge is 0.251 e. The fourth-order valence-electron chi connectivity index (χ4n) is 3.97. The fourth-order valence-corrected chi connectivity index (χ4v) is 4.62. The molecule has 0 spiro atoms. The number of aryl methyl sites for hydroxylation is 1. The summed E-state index contributed by atoms with van der Waals surface area (Å²) in [5.74, 6) is 0.535. The van der Waals surface area contributed by atoms with E-state index in [2.05, 4.69) is 10.2 Å². The number of amides is 1. The zero-order valence-electron chi connectivity index (χ0n) is 17.8. The Morgan fingerprint density at radius 2 is 1.83 bits per heavy atom. The van der Waals surface area contributed by atoms with E-state index in [0.29, 0.717) is 12.1 Å². The molecule has 0 saturated carbocycles. The van der Waals surface area contributed by atoms with E-state index in [1.165, 1.54) is 18.6 Å². The lowest BCUT2D eigenvalue weighted by molar-refractivity contribution is 0.0922. The minimum atomic E-state index is -3.38. The molecule has 0 radical (unpaired) electrons. The Labute approximate surface area is 179 Å². The molecule has 1 N–H and O–H groups in total. The van der Waals surface area contributed by atoms with Crippen LogP contribution in [0.4, 0.5) is 0 Å². The summed E-state index contributed by atoms with van der Waals surface area (Å²) in [7, 11) is -1.72. The van der Waals surface area contributed by atoms with Crippen molar-refractivity contribution in [3.8, 4) is 5.75 Å². The van der Waals surface area contributed by atoms with E-state index in [9.17, 15) is 13.2 Å². The molecule has 6 nitrogen and oxygen atoms in total. The van der Waals surface area contributed by atoms with Crippen LogP contribution in [0.3, 0.4) is 0 Å². The van der Waals surface area contributed by atoms with Gasteiger partial charge in [0.25, 0.3) is 5.91 Å². The van der Waals surface area contributed by atoms with Crippen LogP contribution in [-0.2, 0) is 9.84 Å². The van der Waals surface area contributed by atoms with E-state index >= 15 is 0 Å². The van der Waals surface area contributed by atoms with Gasteiger partial charge in [0, 0.05) is 23.9 Å². The molecule has 1 amide bonds. The van der Waals surface area contributed by atoms with Gasteiger partial charge >= 0.3 is 0 Å². The summed E-state index contributed by atoms with van der Waals surface area (Å²) in [5.41, 5.74) is 2.17. The molecular formula is C23H30N2O4S. The van der Waals surface area contributed by atoms with Crippen molar-refractivity contribution >= 4 is 15.7 Å². The predicted molar refractivity (Wildman–Crippen MR) is 118 cm³/mol.